The van der Waals surface area contributed by atoms with Crippen molar-refractivity contribution in [1.29, 1.82) is 0 Å². The smallest absolute Gasteiger partial charge is 0.228 e. The molecule has 1 aliphatic heterocycles. The fourth-order valence-corrected chi connectivity index (χ4v) is 5.94. The van der Waals surface area contributed by atoms with Gasteiger partial charge in [-0.2, -0.15) is 0 Å². The lowest BCUT2D eigenvalue weighted by atomic mass is 9.84. The molecule has 0 fully saturated rings. The molecular weight excluding hydrogens is 438 g/mol. The topological polar surface area (TPSA) is 20.3 Å². The molecule has 1 atom stereocenters. The van der Waals surface area contributed by atoms with Crippen LogP contribution in [0.1, 0.15) is 29.0 Å². The molecule has 36 heavy (non-hydrogen) atoms. The van der Waals surface area contributed by atoms with Crippen LogP contribution in [0.2, 0.25) is 0 Å². The van der Waals surface area contributed by atoms with Gasteiger partial charge >= 0.3 is 0 Å². The van der Waals surface area contributed by atoms with Gasteiger partial charge in [0.2, 0.25) is 5.91 Å². The minimum Gasteiger partial charge on any atom is -0.308 e. The van der Waals surface area contributed by atoms with Gasteiger partial charge in [0.25, 0.3) is 0 Å². The zero-order chi connectivity index (χ0) is 24.1. The number of benzene rings is 6. The zero-order valence-corrected chi connectivity index (χ0v) is 19.9. The molecule has 1 aliphatic rings. The molecule has 0 radical (unpaired) electrons. The summed E-state index contributed by atoms with van der Waals surface area (Å²) in [6.45, 7) is 0.563. The van der Waals surface area contributed by atoms with E-state index >= 15 is 0 Å². The summed E-state index contributed by atoms with van der Waals surface area (Å²) in [6.07, 6.45) is 0.487. The first kappa shape index (κ1) is 20.9. The Kier molecular flexibility index (Phi) is 4.85. The second kappa shape index (κ2) is 8.35. The predicted molar refractivity (Wildman–Crippen MR) is 149 cm³/mol. The van der Waals surface area contributed by atoms with Crippen LogP contribution in [0, 0.1) is 0 Å². The van der Waals surface area contributed by atoms with Crippen LogP contribution in [0.15, 0.2) is 121 Å². The molecule has 0 N–H and O–H groups in total. The number of fused-ring (bicyclic) bond motifs is 6. The Hall–Kier alpha value is -4.43. The predicted octanol–water partition coefficient (Wildman–Crippen LogP) is 8.22. The van der Waals surface area contributed by atoms with E-state index in [2.05, 4.69) is 109 Å². The SMILES string of the molecule is O=C1CC(c2ccccc2)c2ccccc2N1Cc1cccc2c1ccc1c3ccccc3ccc21. The number of rotatable bonds is 3. The highest BCUT2D eigenvalue weighted by molar-refractivity contribution is 6.17. The van der Waals surface area contributed by atoms with Crippen molar-refractivity contribution < 1.29 is 4.79 Å². The summed E-state index contributed by atoms with van der Waals surface area (Å²) < 4.78 is 0. The van der Waals surface area contributed by atoms with Crippen molar-refractivity contribution in [2.75, 3.05) is 4.90 Å². The van der Waals surface area contributed by atoms with Crippen molar-refractivity contribution in [1.82, 2.24) is 0 Å². The van der Waals surface area contributed by atoms with E-state index < -0.39 is 0 Å². The Labute approximate surface area is 210 Å². The van der Waals surface area contributed by atoms with E-state index in [1.54, 1.807) is 0 Å². The molecule has 0 spiro atoms. The first-order valence-corrected chi connectivity index (χ1v) is 12.5. The normalized spacial score (nSPS) is 15.5. The van der Waals surface area contributed by atoms with E-state index in [4.69, 9.17) is 0 Å². The van der Waals surface area contributed by atoms with Crippen LogP contribution in [0.5, 0.6) is 0 Å². The molecule has 1 unspecified atom stereocenters. The van der Waals surface area contributed by atoms with Crippen molar-refractivity contribution in [3.8, 4) is 0 Å². The molecule has 7 rings (SSSR count). The molecule has 2 nitrogen and oxygen atoms in total. The first-order valence-electron chi connectivity index (χ1n) is 12.5. The number of amides is 1. The Morgan fingerprint density at radius 2 is 1.25 bits per heavy atom. The van der Waals surface area contributed by atoms with Crippen LogP contribution in [-0.2, 0) is 11.3 Å². The Bertz CT molecular complexity index is 1770. The van der Waals surface area contributed by atoms with Crippen molar-refractivity contribution in [3.63, 3.8) is 0 Å². The van der Waals surface area contributed by atoms with Gasteiger partial charge in [-0.05, 0) is 55.1 Å². The van der Waals surface area contributed by atoms with Crippen LogP contribution in [0.3, 0.4) is 0 Å². The van der Waals surface area contributed by atoms with Gasteiger partial charge in [-0.25, -0.2) is 0 Å². The third kappa shape index (κ3) is 3.30. The number of carbonyl (C=O) groups is 1. The Morgan fingerprint density at radius 1 is 0.583 bits per heavy atom. The molecule has 0 saturated carbocycles. The highest BCUT2D eigenvalue weighted by atomic mass is 16.2. The van der Waals surface area contributed by atoms with Crippen LogP contribution in [0.25, 0.3) is 32.3 Å². The van der Waals surface area contributed by atoms with Gasteiger partial charge in [0.1, 0.15) is 0 Å². The minimum atomic E-state index is 0.0934. The molecule has 0 bridgehead atoms. The van der Waals surface area contributed by atoms with Crippen molar-refractivity contribution in [2.24, 2.45) is 0 Å². The number of hydrogen-bond acceptors (Lipinski definition) is 1. The lowest BCUT2D eigenvalue weighted by Gasteiger charge is -2.34. The molecule has 2 heteroatoms. The average molecular weight is 464 g/mol. The number of carbonyl (C=O) groups excluding carboxylic acids is 1. The van der Waals surface area contributed by atoms with Gasteiger partial charge in [-0.15, -0.1) is 0 Å². The summed E-state index contributed by atoms with van der Waals surface area (Å²) in [5.41, 5.74) is 4.61. The Balaban J connectivity index is 1.34. The molecule has 0 saturated heterocycles. The number of anilines is 1. The quantitative estimate of drug-likeness (QED) is 0.242. The zero-order valence-electron chi connectivity index (χ0n) is 19.9. The molecule has 1 amide bonds. The molecule has 1 heterocycles. The molecule has 172 valence electrons. The summed E-state index contributed by atoms with van der Waals surface area (Å²) in [4.78, 5) is 15.5. The summed E-state index contributed by atoms with van der Waals surface area (Å²) >= 11 is 0. The highest BCUT2D eigenvalue weighted by Crippen LogP contribution is 2.41. The number of nitrogens with zero attached hydrogens (tertiary/aromatic N) is 1. The fraction of sp³-hybridized carbons (Fsp3) is 0.0882. The Morgan fingerprint density at radius 3 is 2.17 bits per heavy atom. The number of hydrogen-bond donors (Lipinski definition) is 0. The summed E-state index contributed by atoms with van der Waals surface area (Å²) in [6, 6.07) is 42.7. The third-order valence-corrected chi connectivity index (χ3v) is 7.69. The van der Waals surface area contributed by atoms with Crippen LogP contribution in [0.4, 0.5) is 5.69 Å². The lowest BCUT2D eigenvalue weighted by molar-refractivity contribution is -0.119. The summed E-state index contributed by atoms with van der Waals surface area (Å²) in [7, 11) is 0. The van der Waals surface area contributed by atoms with Gasteiger partial charge in [0.15, 0.2) is 0 Å². The monoisotopic (exact) mass is 463 g/mol. The molecule has 0 aromatic heterocycles. The molecular formula is C34H25NO. The van der Waals surface area contributed by atoms with E-state index in [0.717, 1.165) is 5.69 Å². The van der Waals surface area contributed by atoms with E-state index in [-0.39, 0.29) is 11.8 Å². The first-order chi connectivity index (χ1) is 17.8. The fourth-order valence-electron chi connectivity index (χ4n) is 5.94. The molecule has 0 aliphatic carbocycles. The van der Waals surface area contributed by atoms with E-state index in [0.29, 0.717) is 13.0 Å². The average Bonchev–Trinajstić information content (AvgIpc) is 2.94. The van der Waals surface area contributed by atoms with E-state index in [9.17, 15) is 4.79 Å². The third-order valence-electron chi connectivity index (χ3n) is 7.69. The second-order valence-electron chi connectivity index (χ2n) is 9.67. The van der Waals surface area contributed by atoms with Crippen molar-refractivity contribution in [3.05, 3.63) is 138 Å². The van der Waals surface area contributed by atoms with E-state index in [1.165, 1.54) is 49.0 Å². The highest BCUT2D eigenvalue weighted by Gasteiger charge is 2.32. The standard InChI is InChI=1S/C34H25NO/c36-34-21-32(23-9-2-1-3-10-23)31-14-6-7-16-33(31)35(34)22-25-12-8-15-28-27(25)19-20-29-26-13-5-4-11-24(26)17-18-30(28)29/h1-20,32H,21-22H2. The van der Waals surface area contributed by atoms with E-state index in [1.807, 2.05) is 17.0 Å². The van der Waals surface area contributed by atoms with Gasteiger partial charge < -0.3 is 4.90 Å². The summed E-state index contributed by atoms with van der Waals surface area (Å²) in [5, 5.41) is 7.48. The van der Waals surface area contributed by atoms with Gasteiger partial charge in [0, 0.05) is 18.0 Å². The van der Waals surface area contributed by atoms with Crippen molar-refractivity contribution >= 4 is 43.9 Å². The number of para-hydroxylation sites is 1. The largest absolute Gasteiger partial charge is 0.308 e. The van der Waals surface area contributed by atoms with Crippen LogP contribution in [-0.4, -0.2) is 5.91 Å². The van der Waals surface area contributed by atoms with Gasteiger partial charge in [-0.3, -0.25) is 4.79 Å². The lowest BCUT2D eigenvalue weighted by Crippen LogP contribution is -2.36. The van der Waals surface area contributed by atoms with Crippen LogP contribution >= 0.6 is 0 Å². The molecule has 6 aromatic rings. The van der Waals surface area contributed by atoms with Crippen LogP contribution < -0.4 is 4.90 Å². The minimum absolute atomic E-state index is 0.0934. The van der Waals surface area contributed by atoms with Gasteiger partial charge in [-0.1, -0.05) is 115 Å². The second-order valence-corrected chi connectivity index (χ2v) is 9.67. The van der Waals surface area contributed by atoms with Crippen molar-refractivity contribution in [2.45, 2.75) is 18.9 Å². The maximum absolute atomic E-state index is 13.6. The maximum atomic E-state index is 13.6. The molecule has 6 aromatic carbocycles. The summed E-state index contributed by atoms with van der Waals surface area (Å²) in [5.74, 6) is 0.266. The maximum Gasteiger partial charge on any atom is 0.228 e. The van der Waals surface area contributed by atoms with Gasteiger partial charge in [0.05, 0.1) is 6.54 Å².